The minimum atomic E-state index is -0.738. The van der Waals surface area contributed by atoms with Gasteiger partial charge in [0.05, 0.1) is 5.92 Å². The Labute approximate surface area is 122 Å². The molecule has 3 unspecified atom stereocenters. The number of thioether (sulfide) groups is 1. The summed E-state index contributed by atoms with van der Waals surface area (Å²) in [5.74, 6) is -0.512. The highest BCUT2D eigenvalue weighted by Crippen LogP contribution is 2.40. The number of rotatable bonds is 5. The van der Waals surface area contributed by atoms with Gasteiger partial charge in [0.25, 0.3) is 0 Å². The first-order chi connectivity index (χ1) is 9.56. The van der Waals surface area contributed by atoms with Gasteiger partial charge in [0.15, 0.2) is 5.16 Å². The number of carboxylic acids is 1. The minimum Gasteiger partial charge on any atom is -0.481 e. The number of aromatic nitrogens is 3. The highest BCUT2D eigenvalue weighted by Gasteiger charge is 2.36. The SMILES string of the molecule is CCC1CCC(C(=O)O)C(Sc2n[nH]c(=O)n2CC)C1. The summed E-state index contributed by atoms with van der Waals surface area (Å²) in [5, 5.41) is 16.4. The zero-order chi connectivity index (χ0) is 14.7. The normalized spacial score (nSPS) is 26.6. The Balaban J connectivity index is 2.18. The number of carbonyl (C=O) groups is 1. The second kappa shape index (κ2) is 6.47. The molecule has 20 heavy (non-hydrogen) atoms. The van der Waals surface area contributed by atoms with Crippen molar-refractivity contribution in [3.63, 3.8) is 0 Å². The molecule has 0 bridgehead atoms. The molecule has 0 amide bonds. The van der Waals surface area contributed by atoms with Gasteiger partial charge in [0.1, 0.15) is 0 Å². The predicted molar refractivity (Wildman–Crippen MR) is 76.9 cm³/mol. The fourth-order valence-corrected chi connectivity index (χ4v) is 4.30. The van der Waals surface area contributed by atoms with Crippen molar-refractivity contribution in [1.29, 1.82) is 0 Å². The lowest BCUT2D eigenvalue weighted by Gasteiger charge is -2.32. The van der Waals surface area contributed by atoms with Crippen LogP contribution in [0.3, 0.4) is 0 Å². The Kier molecular flexibility index (Phi) is 4.91. The third kappa shape index (κ3) is 3.08. The number of hydrogen-bond acceptors (Lipinski definition) is 4. The Morgan fingerprint density at radius 2 is 2.25 bits per heavy atom. The van der Waals surface area contributed by atoms with Gasteiger partial charge in [-0.3, -0.25) is 9.36 Å². The third-order valence-electron chi connectivity index (χ3n) is 4.09. The summed E-state index contributed by atoms with van der Waals surface area (Å²) >= 11 is 1.43. The van der Waals surface area contributed by atoms with Crippen LogP contribution in [0, 0.1) is 11.8 Å². The van der Waals surface area contributed by atoms with E-state index < -0.39 is 5.97 Å². The van der Waals surface area contributed by atoms with Gasteiger partial charge in [0.2, 0.25) is 0 Å². The van der Waals surface area contributed by atoms with Crippen LogP contribution in [-0.2, 0) is 11.3 Å². The molecular weight excluding hydrogens is 278 g/mol. The molecule has 1 aromatic heterocycles. The van der Waals surface area contributed by atoms with Crippen molar-refractivity contribution in [2.24, 2.45) is 11.8 Å². The molecule has 0 aliphatic heterocycles. The molecule has 1 saturated carbocycles. The molecule has 0 spiro atoms. The van der Waals surface area contributed by atoms with E-state index in [1.54, 1.807) is 4.57 Å². The van der Waals surface area contributed by atoms with Crippen molar-refractivity contribution < 1.29 is 9.90 Å². The average molecular weight is 299 g/mol. The standard InChI is InChI=1S/C13H21N3O3S/c1-3-8-5-6-9(11(17)18)10(7-8)20-13-15-14-12(19)16(13)4-2/h8-10H,3-7H2,1-2H3,(H,14,19)(H,17,18). The van der Waals surface area contributed by atoms with Crippen LogP contribution in [0.5, 0.6) is 0 Å². The molecule has 0 saturated heterocycles. The van der Waals surface area contributed by atoms with Crippen LogP contribution >= 0.6 is 11.8 Å². The van der Waals surface area contributed by atoms with Crippen LogP contribution in [0.4, 0.5) is 0 Å². The molecule has 0 radical (unpaired) electrons. The fourth-order valence-electron chi connectivity index (χ4n) is 2.80. The molecule has 2 rings (SSSR count). The summed E-state index contributed by atoms with van der Waals surface area (Å²) in [6, 6.07) is 0. The smallest absolute Gasteiger partial charge is 0.343 e. The van der Waals surface area contributed by atoms with Crippen LogP contribution in [-0.4, -0.2) is 31.1 Å². The van der Waals surface area contributed by atoms with Gasteiger partial charge in [-0.1, -0.05) is 25.1 Å². The summed E-state index contributed by atoms with van der Waals surface area (Å²) in [6.45, 7) is 4.56. The summed E-state index contributed by atoms with van der Waals surface area (Å²) < 4.78 is 1.55. The van der Waals surface area contributed by atoms with Crippen molar-refractivity contribution in [2.45, 2.75) is 56.5 Å². The lowest BCUT2D eigenvalue weighted by Crippen LogP contribution is -2.33. The number of aromatic amines is 1. The van der Waals surface area contributed by atoms with Gasteiger partial charge in [-0.15, -0.1) is 5.10 Å². The molecular formula is C13H21N3O3S. The first-order valence-electron chi connectivity index (χ1n) is 7.11. The van der Waals surface area contributed by atoms with Crippen LogP contribution < -0.4 is 5.69 Å². The second-order valence-electron chi connectivity index (χ2n) is 5.24. The van der Waals surface area contributed by atoms with E-state index in [0.29, 0.717) is 24.0 Å². The third-order valence-corrected chi connectivity index (χ3v) is 5.44. The zero-order valence-electron chi connectivity index (χ0n) is 11.8. The number of H-pyrrole nitrogens is 1. The first kappa shape index (κ1) is 15.2. The predicted octanol–water partition coefficient (Wildman–Crippen LogP) is 1.96. The highest BCUT2D eigenvalue weighted by molar-refractivity contribution is 7.99. The fraction of sp³-hybridized carbons (Fsp3) is 0.769. The Morgan fingerprint density at radius 3 is 2.85 bits per heavy atom. The van der Waals surface area contributed by atoms with E-state index in [2.05, 4.69) is 17.1 Å². The molecule has 6 nitrogen and oxygen atoms in total. The minimum absolute atomic E-state index is 0.00769. The zero-order valence-corrected chi connectivity index (χ0v) is 12.7. The number of nitrogens with zero attached hydrogens (tertiary/aromatic N) is 2. The molecule has 1 aromatic rings. The average Bonchev–Trinajstić information content (AvgIpc) is 2.78. The number of nitrogens with one attached hydrogen (secondary N) is 1. The molecule has 7 heteroatoms. The lowest BCUT2D eigenvalue weighted by molar-refractivity contribution is -0.142. The molecule has 1 aliphatic carbocycles. The van der Waals surface area contributed by atoms with Gasteiger partial charge in [0, 0.05) is 11.8 Å². The van der Waals surface area contributed by atoms with Gasteiger partial charge in [-0.2, -0.15) is 0 Å². The maximum absolute atomic E-state index is 11.6. The molecule has 0 aromatic carbocycles. The molecule has 3 atom stereocenters. The monoisotopic (exact) mass is 299 g/mol. The molecule has 112 valence electrons. The van der Waals surface area contributed by atoms with E-state index in [4.69, 9.17) is 0 Å². The van der Waals surface area contributed by atoms with Crippen LogP contribution in [0.1, 0.15) is 39.5 Å². The topological polar surface area (TPSA) is 88.0 Å². The second-order valence-corrected chi connectivity index (χ2v) is 6.45. The van der Waals surface area contributed by atoms with E-state index in [0.717, 1.165) is 19.3 Å². The molecule has 1 fully saturated rings. The molecule has 1 aliphatic rings. The molecule has 1 heterocycles. The van der Waals surface area contributed by atoms with Crippen molar-refractivity contribution in [3.8, 4) is 0 Å². The number of aliphatic carboxylic acids is 1. The van der Waals surface area contributed by atoms with Crippen molar-refractivity contribution >= 4 is 17.7 Å². The largest absolute Gasteiger partial charge is 0.481 e. The maximum Gasteiger partial charge on any atom is 0.343 e. The Bertz CT molecular complexity index is 525. The van der Waals surface area contributed by atoms with Gasteiger partial charge >= 0.3 is 11.7 Å². The van der Waals surface area contributed by atoms with Crippen molar-refractivity contribution in [1.82, 2.24) is 14.8 Å². The summed E-state index contributed by atoms with van der Waals surface area (Å²) in [5.41, 5.74) is -0.232. The van der Waals surface area contributed by atoms with Crippen molar-refractivity contribution in [3.05, 3.63) is 10.5 Å². The van der Waals surface area contributed by atoms with Gasteiger partial charge in [-0.05, 0) is 32.1 Å². The van der Waals surface area contributed by atoms with Gasteiger partial charge < -0.3 is 5.11 Å². The van der Waals surface area contributed by atoms with Gasteiger partial charge in [-0.25, -0.2) is 9.89 Å². The van der Waals surface area contributed by atoms with Crippen LogP contribution in [0.25, 0.3) is 0 Å². The summed E-state index contributed by atoms with van der Waals surface area (Å²) in [6.07, 6.45) is 3.64. The van der Waals surface area contributed by atoms with E-state index in [9.17, 15) is 14.7 Å². The maximum atomic E-state index is 11.6. The van der Waals surface area contributed by atoms with Crippen LogP contribution in [0.15, 0.2) is 9.95 Å². The number of hydrogen-bond donors (Lipinski definition) is 2. The Hall–Kier alpha value is -1.24. The highest BCUT2D eigenvalue weighted by atomic mass is 32.2. The van der Waals surface area contributed by atoms with Crippen LogP contribution in [0.2, 0.25) is 0 Å². The quantitative estimate of drug-likeness (QED) is 0.867. The van der Waals surface area contributed by atoms with E-state index in [1.807, 2.05) is 6.92 Å². The number of carboxylic acid groups (broad SMARTS) is 1. The Morgan fingerprint density at radius 1 is 1.50 bits per heavy atom. The first-order valence-corrected chi connectivity index (χ1v) is 7.99. The molecule has 2 N–H and O–H groups in total. The summed E-state index contributed by atoms with van der Waals surface area (Å²) in [4.78, 5) is 23.0. The van der Waals surface area contributed by atoms with Crippen molar-refractivity contribution in [2.75, 3.05) is 0 Å². The van der Waals surface area contributed by atoms with E-state index in [1.165, 1.54) is 11.8 Å². The lowest BCUT2D eigenvalue weighted by atomic mass is 9.80. The van der Waals surface area contributed by atoms with E-state index in [-0.39, 0.29) is 16.9 Å². The van der Waals surface area contributed by atoms with E-state index >= 15 is 0 Å². The summed E-state index contributed by atoms with van der Waals surface area (Å²) in [7, 11) is 0.